The fraction of sp³-hybridized carbons (Fsp3) is 0.474. The summed E-state index contributed by atoms with van der Waals surface area (Å²) >= 11 is 0. The highest BCUT2D eigenvalue weighted by molar-refractivity contribution is 5.20. The van der Waals surface area contributed by atoms with Gasteiger partial charge in [0, 0.05) is 12.7 Å². The largest absolute Gasteiger partial charge is 0.391 e. The molecule has 1 aromatic carbocycles. The average Bonchev–Trinajstić information content (AvgIpc) is 2.42. The third-order valence-corrected chi connectivity index (χ3v) is 2.49. The second-order valence-electron chi connectivity index (χ2n) is 4.70. The molecule has 0 aliphatic carbocycles. The van der Waals surface area contributed by atoms with Crippen LogP contribution in [-0.2, 0) is 0 Å². The Labute approximate surface area is 126 Å². The molecule has 1 heteroatoms. The van der Waals surface area contributed by atoms with E-state index in [1.807, 2.05) is 20.9 Å². The minimum absolute atomic E-state index is 1.07. The van der Waals surface area contributed by atoms with E-state index in [-0.39, 0.29) is 0 Å². The molecule has 1 rings (SSSR count). The molecule has 0 saturated heterocycles. The predicted octanol–water partition coefficient (Wildman–Crippen LogP) is 5.80. The number of rotatable bonds is 3. The maximum absolute atomic E-state index is 3.12. The standard InChI is InChI=1S/C9H17N.C8H10.C2H6/c1-5-9(10-4)7-6-8(2)3;1-7-4-3-5-8(2)6-7;1-2/h6-7,10H,5H2,1-4H3;3-6H,1-2H3;1-2H3/b9-7+;;. The summed E-state index contributed by atoms with van der Waals surface area (Å²) in [5, 5.41) is 3.12. The summed E-state index contributed by atoms with van der Waals surface area (Å²) in [4.78, 5) is 0. The van der Waals surface area contributed by atoms with Crippen LogP contribution >= 0.6 is 0 Å². The molecular formula is C19H33N. The maximum Gasteiger partial charge on any atom is 0.0101 e. The zero-order valence-corrected chi connectivity index (χ0v) is 14.7. The lowest BCUT2D eigenvalue weighted by molar-refractivity contribution is 0.900. The molecule has 1 nitrogen and oxygen atoms in total. The van der Waals surface area contributed by atoms with E-state index < -0.39 is 0 Å². The van der Waals surface area contributed by atoms with E-state index in [2.05, 4.69) is 76.4 Å². The first-order valence-corrected chi connectivity index (χ1v) is 7.54. The van der Waals surface area contributed by atoms with Crippen LogP contribution in [0.15, 0.2) is 47.7 Å². The maximum atomic E-state index is 3.12. The zero-order chi connectivity index (χ0) is 16.0. The lowest BCUT2D eigenvalue weighted by atomic mass is 10.2. The molecule has 0 unspecified atom stereocenters. The van der Waals surface area contributed by atoms with Crippen molar-refractivity contribution in [1.82, 2.24) is 5.32 Å². The number of nitrogens with one attached hydrogen (secondary N) is 1. The Hall–Kier alpha value is -1.50. The van der Waals surface area contributed by atoms with Gasteiger partial charge >= 0.3 is 0 Å². The molecule has 20 heavy (non-hydrogen) atoms. The van der Waals surface area contributed by atoms with Gasteiger partial charge in [0.2, 0.25) is 0 Å². The third kappa shape index (κ3) is 12.9. The summed E-state index contributed by atoms with van der Waals surface area (Å²) in [5.74, 6) is 0. The van der Waals surface area contributed by atoms with Crippen LogP contribution in [0.5, 0.6) is 0 Å². The van der Waals surface area contributed by atoms with Gasteiger partial charge in [-0.05, 0) is 40.2 Å². The number of benzene rings is 1. The van der Waals surface area contributed by atoms with E-state index in [0.717, 1.165) is 6.42 Å². The van der Waals surface area contributed by atoms with Gasteiger partial charge in [0.05, 0.1) is 0 Å². The van der Waals surface area contributed by atoms with Gasteiger partial charge in [-0.3, -0.25) is 0 Å². The predicted molar refractivity (Wildman–Crippen MR) is 94.1 cm³/mol. The fourth-order valence-corrected chi connectivity index (χ4v) is 1.45. The first-order valence-electron chi connectivity index (χ1n) is 7.54. The normalized spacial score (nSPS) is 9.50. The van der Waals surface area contributed by atoms with E-state index in [0.29, 0.717) is 0 Å². The molecule has 0 saturated carbocycles. The SMILES string of the molecule is CC.CC/C(=C\C=C(C)C)NC.Cc1cccc(C)c1. The highest BCUT2D eigenvalue weighted by Gasteiger charge is 1.83. The Kier molecular flexibility index (Phi) is 14.5. The quantitative estimate of drug-likeness (QED) is 0.688. The Balaban J connectivity index is 0. The van der Waals surface area contributed by atoms with E-state index in [9.17, 15) is 0 Å². The van der Waals surface area contributed by atoms with E-state index in [1.54, 1.807) is 0 Å². The van der Waals surface area contributed by atoms with Gasteiger partial charge in [-0.1, -0.05) is 67.8 Å². The molecule has 0 atom stereocenters. The summed E-state index contributed by atoms with van der Waals surface area (Å²) in [6, 6.07) is 8.45. The second kappa shape index (κ2) is 13.9. The lowest BCUT2D eigenvalue weighted by Gasteiger charge is -1.99. The van der Waals surface area contributed by atoms with Gasteiger partial charge in [-0.2, -0.15) is 0 Å². The van der Waals surface area contributed by atoms with Gasteiger partial charge in [-0.15, -0.1) is 0 Å². The van der Waals surface area contributed by atoms with Crippen molar-refractivity contribution in [3.8, 4) is 0 Å². The number of allylic oxidation sites excluding steroid dienone is 4. The topological polar surface area (TPSA) is 12.0 Å². The molecule has 0 fully saturated rings. The summed E-state index contributed by atoms with van der Waals surface area (Å²) in [5.41, 5.74) is 5.29. The van der Waals surface area contributed by atoms with Crippen molar-refractivity contribution in [3.05, 3.63) is 58.8 Å². The Bertz CT molecular complexity index is 373. The van der Waals surface area contributed by atoms with Crippen LogP contribution in [0.4, 0.5) is 0 Å². The van der Waals surface area contributed by atoms with Crippen LogP contribution in [0.2, 0.25) is 0 Å². The van der Waals surface area contributed by atoms with Crippen LogP contribution in [0, 0.1) is 13.8 Å². The summed E-state index contributed by atoms with van der Waals surface area (Å²) in [6.45, 7) is 14.5. The minimum Gasteiger partial charge on any atom is -0.391 e. The Morgan fingerprint density at radius 1 is 1.05 bits per heavy atom. The van der Waals surface area contributed by atoms with Crippen molar-refractivity contribution in [2.75, 3.05) is 7.05 Å². The molecule has 1 N–H and O–H groups in total. The molecule has 0 radical (unpaired) electrons. The first kappa shape index (κ1) is 20.8. The molecule has 0 amide bonds. The van der Waals surface area contributed by atoms with Crippen LogP contribution in [0.1, 0.15) is 52.2 Å². The van der Waals surface area contributed by atoms with Crippen LogP contribution in [-0.4, -0.2) is 7.05 Å². The van der Waals surface area contributed by atoms with Crippen molar-refractivity contribution >= 4 is 0 Å². The van der Waals surface area contributed by atoms with Gasteiger partial charge in [-0.25, -0.2) is 0 Å². The number of hydrogen-bond donors (Lipinski definition) is 1. The lowest BCUT2D eigenvalue weighted by Crippen LogP contribution is -2.03. The van der Waals surface area contributed by atoms with Crippen molar-refractivity contribution in [1.29, 1.82) is 0 Å². The van der Waals surface area contributed by atoms with Crippen molar-refractivity contribution in [2.24, 2.45) is 0 Å². The molecular weight excluding hydrogens is 242 g/mol. The Morgan fingerprint density at radius 2 is 1.55 bits per heavy atom. The number of aryl methyl sites for hydroxylation is 2. The third-order valence-electron chi connectivity index (χ3n) is 2.49. The Morgan fingerprint density at radius 3 is 1.80 bits per heavy atom. The first-order chi connectivity index (χ1) is 9.49. The van der Waals surface area contributed by atoms with Crippen LogP contribution < -0.4 is 5.32 Å². The van der Waals surface area contributed by atoms with Gasteiger partial charge in [0.25, 0.3) is 0 Å². The van der Waals surface area contributed by atoms with E-state index >= 15 is 0 Å². The van der Waals surface area contributed by atoms with Crippen LogP contribution in [0.25, 0.3) is 0 Å². The monoisotopic (exact) mass is 275 g/mol. The minimum atomic E-state index is 1.07. The molecule has 1 aromatic rings. The second-order valence-corrected chi connectivity index (χ2v) is 4.70. The van der Waals surface area contributed by atoms with Gasteiger partial charge < -0.3 is 5.32 Å². The molecule has 114 valence electrons. The molecule has 0 aliphatic rings. The van der Waals surface area contributed by atoms with E-state index in [4.69, 9.17) is 0 Å². The van der Waals surface area contributed by atoms with Crippen LogP contribution in [0.3, 0.4) is 0 Å². The van der Waals surface area contributed by atoms with E-state index in [1.165, 1.54) is 22.4 Å². The summed E-state index contributed by atoms with van der Waals surface area (Å²) in [7, 11) is 1.95. The molecule has 0 aliphatic heterocycles. The summed E-state index contributed by atoms with van der Waals surface area (Å²) in [6.07, 6.45) is 5.31. The highest BCUT2D eigenvalue weighted by Crippen LogP contribution is 2.00. The number of hydrogen-bond acceptors (Lipinski definition) is 1. The van der Waals surface area contributed by atoms with Crippen molar-refractivity contribution in [2.45, 2.75) is 54.9 Å². The molecule has 0 bridgehead atoms. The van der Waals surface area contributed by atoms with Crippen molar-refractivity contribution in [3.63, 3.8) is 0 Å². The van der Waals surface area contributed by atoms with Crippen molar-refractivity contribution < 1.29 is 0 Å². The highest BCUT2D eigenvalue weighted by atomic mass is 14.8. The molecule has 0 heterocycles. The molecule has 0 spiro atoms. The van der Waals surface area contributed by atoms with Gasteiger partial charge in [0.1, 0.15) is 0 Å². The van der Waals surface area contributed by atoms with Gasteiger partial charge in [0.15, 0.2) is 0 Å². The average molecular weight is 275 g/mol. The summed E-state index contributed by atoms with van der Waals surface area (Å²) < 4.78 is 0. The fourth-order valence-electron chi connectivity index (χ4n) is 1.45. The zero-order valence-electron chi connectivity index (χ0n) is 14.7. The smallest absolute Gasteiger partial charge is 0.0101 e. The molecule has 0 aromatic heterocycles.